The first-order valence-electron chi connectivity index (χ1n) is 7.03. The predicted octanol–water partition coefficient (Wildman–Crippen LogP) is 3.32. The molecule has 0 aromatic heterocycles. The lowest BCUT2D eigenvalue weighted by Crippen LogP contribution is -2.30. The second-order valence-electron chi connectivity index (χ2n) is 6.10. The van der Waals surface area contributed by atoms with Crippen LogP contribution in [0.15, 0.2) is 36.0 Å². The fourth-order valence-corrected chi connectivity index (χ4v) is 2.80. The van der Waals surface area contributed by atoms with E-state index in [0.29, 0.717) is 11.3 Å². The van der Waals surface area contributed by atoms with Crippen LogP contribution in [0.3, 0.4) is 0 Å². The molecule has 4 nitrogen and oxygen atoms in total. The highest BCUT2D eigenvalue weighted by Gasteiger charge is 2.29. The van der Waals surface area contributed by atoms with E-state index in [1.165, 1.54) is 18.2 Å². The second-order valence-corrected chi connectivity index (χ2v) is 10.8. The van der Waals surface area contributed by atoms with E-state index in [1.807, 2.05) is 24.3 Å². The van der Waals surface area contributed by atoms with Gasteiger partial charge in [0.05, 0.1) is 18.7 Å². The first-order chi connectivity index (χ1) is 10.4. The van der Waals surface area contributed by atoms with Crippen molar-refractivity contribution in [3.8, 4) is 11.5 Å². The average Bonchev–Trinajstić information content (AvgIpc) is 2.50. The highest BCUT2D eigenvalue weighted by atomic mass is 28.3. The molecule has 0 saturated carbocycles. The second kappa shape index (κ2) is 6.20. The number of hydrogen-bond donors (Lipinski definition) is 0. The molecule has 1 aliphatic rings. The monoisotopic (exact) mass is 313 g/mol. The molecule has 0 saturated heterocycles. The Hall–Kier alpha value is -2.32. The number of fused-ring (bicyclic) bond motifs is 1. The number of allylic oxidation sites excluding steroid dienone is 1. The molecule has 0 bridgehead atoms. The average molecular weight is 313 g/mol. The Kier molecular flexibility index (Phi) is 4.53. The summed E-state index contributed by atoms with van der Waals surface area (Å²) in [7, 11) is -0.244. The van der Waals surface area contributed by atoms with Crippen LogP contribution in [0, 0.1) is 11.5 Å². The molecule has 0 N–H and O–H groups in total. The number of amides is 1. The summed E-state index contributed by atoms with van der Waals surface area (Å²) in [5.41, 5.74) is 5.33. The van der Waals surface area contributed by atoms with Crippen molar-refractivity contribution in [2.24, 2.45) is 0 Å². The van der Waals surface area contributed by atoms with Crippen molar-refractivity contribution in [3.63, 3.8) is 0 Å². The number of anilines is 1. The standard InChI is InChI=1S/C17H19NO3Si/c1-21-17(20)18-11-13(12-19)14(9-10-22(2,3)4)15-7-5-6-8-16(15)18/h5-8,11-12,14H,1-4H3/t14-/m0/s1. The van der Waals surface area contributed by atoms with Gasteiger partial charge in [-0.25, -0.2) is 4.79 Å². The van der Waals surface area contributed by atoms with E-state index < -0.39 is 14.2 Å². The minimum Gasteiger partial charge on any atom is -0.452 e. The largest absolute Gasteiger partial charge is 0.452 e. The molecule has 1 atom stereocenters. The van der Waals surface area contributed by atoms with Crippen LogP contribution in [0.25, 0.3) is 0 Å². The normalized spacial score (nSPS) is 16.8. The molecule has 1 amide bonds. The number of carbonyl (C=O) groups is 2. The van der Waals surface area contributed by atoms with E-state index in [9.17, 15) is 9.59 Å². The molecule has 2 rings (SSSR count). The van der Waals surface area contributed by atoms with Crippen molar-refractivity contribution in [2.45, 2.75) is 25.6 Å². The molecule has 5 heteroatoms. The van der Waals surface area contributed by atoms with Crippen molar-refractivity contribution >= 4 is 26.1 Å². The minimum absolute atomic E-state index is 0.304. The Morgan fingerprint density at radius 2 is 2.00 bits per heavy atom. The molecule has 0 unspecified atom stereocenters. The van der Waals surface area contributed by atoms with E-state index >= 15 is 0 Å². The quantitative estimate of drug-likeness (QED) is 0.454. The minimum atomic E-state index is -1.56. The number of rotatable bonds is 1. The van der Waals surface area contributed by atoms with Crippen molar-refractivity contribution in [1.82, 2.24) is 0 Å². The molecule has 114 valence electrons. The third kappa shape index (κ3) is 3.29. The van der Waals surface area contributed by atoms with E-state index in [0.717, 1.165) is 11.8 Å². The summed E-state index contributed by atoms with van der Waals surface area (Å²) >= 11 is 0. The van der Waals surface area contributed by atoms with Gasteiger partial charge in [-0.3, -0.25) is 9.69 Å². The van der Waals surface area contributed by atoms with Gasteiger partial charge < -0.3 is 4.74 Å². The number of nitrogens with zero attached hydrogens (tertiary/aromatic N) is 1. The van der Waals surface area contributed by atoms with Gasteiger partial charge in [-0.15, -0.1) is 5.54 Å². The van der Waals surface area contributed by atoms with Gasteiger partial charge in [-0.05, 0) is 11.6 Å². The Bertz CT molecular complexity index is 692. The summed E-state index contributed by atoms with van der Waals surface area (Å²) in [4.78, 5) is 24.7. The maximum absolute atomic E-state index is 11.9. The van der Waals surface area contributed by atoms with E-state index in [4.69, 9.17) is 4.74 Å². The van der Waals surface area contributed by atoms with Gasteiger partial charge >= 0.3 is 6.09 Å². The van der Waals surface area contributed by atoms with Crippen LogP contribution in [-0.2, 0) is 9.53 Å². The Morgan fingerprint density at radius 3 is 2.59 bits per heavy atom. The van der Waals surface area contributed by atoms with Gasteiger partial charge in [0.2, 0.25) is 0 Å². The Labute approximate surface area is 131 Å². The SMILES string of the molecule is COC(=O)N1C=C(C=O)[C@H](C#C[Si](C)(C)C)c2ccccc21. The van der Waals surface area contributed by atoms with Crippen LogP contribution in [0.4, 0.5) is 10.5 Å². The molecule has 1 aromatic carbocycles. The van der Waals surface area contributed by atoms with Crippen molar-refractivity contribution in [2.75, 3.05) is 12.0 Å². The number of hydrogen-bond acceptors (Lipinski definition) is 3. The summed E-state index contributed by atoms with van der Waals surface area (Å²) in [6.45, 7) is 6.46. The number of benzene rings is 1. The molecule has 0 fully saturated rings. The number of aldehydes is 1. The van der Waals surface area contributed by atoms with Crippen LogP contribution < -0.4 is 4.90 Å². The highest BCUT2D eigenvalue weighted by molar-refractivity contribution is 6.83. The molecule has 0 spiro atoms. The summed E-state index contributed by atoms with van der Waals surface area (Å²) < 4.78 is 4.79. The number of methoxy groups -OCH3 is 1. The fourth-order valence-electron chi connectivity index (χ4n) is 2.22. The van der Waals surface area contributed by atoms with Gasteiger partial charge in [0.1, 0.15) is 14.4 Å². The van der Waals surface area contributed by atoms with E-state index in [1.54, 1.807) is 0 Å². The predicted molar refractivity (Wildman–Crippen MR) is 89.3 cm³/mol. The topological polar surface area (TPSA) is 46.6 Å². The molecule has 0 radical (unpaired) electrons. The lowest BCUT2D eigenvalue weighted by molar-refractivity contribution is -0.105. The number of para-hydroxylation sites is 1. The molecule has 0 aliphatic carbocycles. The van der Waals surface area contributed by atoms with Gasteiger partial charge in [0, 0.05) is 11.8 Å². The van der Waals surface area contributed by atoms with Crippen LogP contribution in [0.5, 0.6) is 0 Å². The molecule has 1 aliphatic heterocycles. The molecular weight excluding hydrogens is 294 g/mol. The number of ether oxygens (including phenoxy) is 1. The zero-order chi connectivity index (χ0) is 16.3. The molecular formula is C17H19NO3Si. The highest BCUT2D eigenvalue weighted by Crippen LogP contribution is 2.37. The van der Waals surface area contributed by atoms with Crippen LogP contribution in [0.1, 0.15) is 11.5 Å². The van der Waals surface area contributed by atoms with Gasteiger partial charge in [-0.1, -0.05) is 43.8 Å². The van der Waals surface area contributed by atoms with E-state index in [-0.39, 0.29) is 5.92 Å². The van der Waals surface area contributed by atoms with Crippen molar-refractivity contribution in [3.05, 3.63) is 41.6 Å². The summed E-state index contributed by atoms with van der Waals surface area (Å²) in [5, 5.41) is 0. The van der Waals surface area contributed by atoms with Crippen LogP contribution >= 0.6 is 0 Å². The van der Waals surface area contributed by atoms with Crippen LogP contribution in [0.2, 0.25) is 19.6 Å². The van der Waals surface area contributed by atoms with Gasteiger partial charge in [0.15, 0.2) is 0 Å². The first-order valence-corrected chi connectivity index (χ1v) is 10.5. The summed E-state index contributed by atoms with van der Waals surface area (Å²) in [6, 6.07) is 7.45. The Morgan fingerprint density at radius 1 is 1.32 bits per heavy atom. The molecule has 1 aromatic rings. The van der Waals surface area contributed by atoms with Crippen LogP contribution in [-0.4, -0.2) is 27.6 Å². The van der Waals surface area contributed by atoms with Gasteiger partial charge in [0.25, 0.3) is 0 Å². The zero-order valence-electron chi connectivity index (χ0n) is 13.2. The maximum Gasteiger partial charge on any atom is 0.418 e. The fraction of sp³-hybridized carbons (Fsp3) is 0.294. The molecule has 22 heavy (non-hydrogen) atoms. The summed E-state index contributed by atoms with van der Waals surface area (Å²) in [5.74, 6) is 2.93. The third-order valence-corrected chi connectivity index (χ3v) is 4.11. The lowest BCUT2D eigenvalue weighted by atomic mass is 9.89. The summed E-state index contributed by atoms with van der Waals surface area (Å²) in [6.07, 6.45) is 1.75. The van der Waals surface area contributed by atoms with E-state index in [2.05, 4.69) is 31.1 Å². The molecule has 1 heterocycles. The zero-order valence-corrected chi connectivity index (χ0v) is 14.2. The smallest absolute Gasteiger partial charge is 0.418 e. The number of carbonyl (C=O) groups excluding carboxylic acids is 2. The van der Waals surface area contributed by atoms with Crippen molar-refractivity contribution < 1.29 is 14.3 Å². The third-order valence-electron chi connectivity index (χ3n) is 3.22. The van der Waals surface area contributed by atoms with Gasteiger partial charge in [-0.2, -0.15) is 0 Å². The maximum atomic E-state index is 11.9. The lowest BCUT2D eigenvalue weighted by Gasteiger charge is -2.28. The Balaban J connectivity index is 2.58. The van der Waals surface area contributed by atoms with Crippen molar-refractivity contribution in [1.29, 1.82) is 0 Å². The first kappa shape index (κ1) is 16.1.